The van der Waals surface area contributed by atoms with Crippen LogP contribution in [0.2, 0.25) is 4.47 Å². The highest BCUT2D eigenvalue weighted by atomic mass is 35.5. The number of nitrogens with zero attached hydrogens (tertiary/aromatic N) is 2. The van der Waals surface area contributed by atoms with Crippen molar-refractivity contribution in [2.75, 3.05) is 0 Å². The molecular weight excluding hydrogens is 224 g/mol. The Labute approximate surface area is 89.5 Å². The lowest BCUT2D eigenvalue weighted by Gasteiger charge is -1.97. The van der Waals surface area contributed by atoms with E-state index in [4.69, 9.17) is 20.8 Å². The summed E-state index contributed by atoms with van der Waals surface area (Å²) in [7, 11) is 0. The van der Waals surface area contributed by atoms with Crippen LogP contribution >= 0.6 is 22.9 Å². The van der Waals surface area contributed by atoms with Crippen molar-refractivity contribution < 1.29 is 9.15 Å². The fourth-order valence-electron chi connectivity index (χ4n) is 0.925. The third-order valence-electron chi connectivity index (χ3n) is 1.49. The van der Waals surface area contributed by atoms with Crippen LogP contribution in [0.4, 0.5) is 0 Å². The van der Waals surface area contributed by atoms with Crippen molar-refractivity contribution in [1.82, 2.24) is 10.2 Å². The van der Waals surface area contributed by atoms with Crippen LogP contribution in [0.25, 0.3) is 0 Å². The molecule has 0 amide bonds. The van der Waals surface area contributed by atoms with E-state index in [9.17, 15) is 0 Å². The lowest BCUT2D eigenvalue weighted by atomic mass is 10.5. The summed E-state index contributed by atoms with van der Waals surface area (Å²) < 4.78 is 10.9. The van der Waals surface area contributed by atoms with E-state index in [1.54, 1.807) is 6.26 Å². The highest BCUT2D eigenvalue weighted by Crippen LogP contribution is 2.16. The van der Waals surface area contributed by atoms with E-state index in [0.29, 0.717) is 17.7 Å². The summed E-state index contributed by atoms with van der Waals surface area (Å²) in [4.78, 5) is 0. The molecule has 0 aliphatic heterocycles. The van der Waals surface area contributed by atoms with Gasteiger partial charge < -0.3 is 9.15 Å². The molecule has 0 aliphatic carbocycles. The second-order valence-electron chi connectivity index (χ2n) is 2.52. The Morgan fingerprint density at radius 2 is 2.36 bits per heavy atom. The molecule has 6 heteroatoms. The van der Waals surface area contributed by atoms with Gasteiger partial charge >= 0.3 is 0 Å². The quantitative estimate of drug-likeness (QED) is 0.810. The van der Waals surface area contributed by atoms with Crippen molar-refractivity contribution in [2.24, 2.45) is 0 Å². The maximum absolute atomic E-state index is 5.61. The topological polar surface area (TPSA) is 48.2 Å². The van der Waals surface area contributed by atoms with Crippen molar-refractivity contribution in [2.45, 2.75) is 13.2 Å². The number of ether oxygens (including phenoxy) is 1. The number of rotatable bonds is 4. The second kappa shape index (κ2) is 4.54. The molecule has 0 aromatic carbocycles. The van der Waals surface area contributed by atoms with Gasteiger partial charge in [0.15, 0.2) is 0 Å². The maximum Gasteiger partial charge on any atom is 0.207 e. The average Bonchev–Trinajstić information content (AvgIpc) is 2.77. The van der Waals surface area contributed by atoms with Crippen molar-refractivity contribution >= 4 is 22.9 Å². The van der Waals surface area contributed by atoms with Gasteiger partial charge in [-0.15, -0.1) is 10.2 Å². The normalized spacial score (nSPS) is 10.6. The molecule has 0 unspecified atom stereocenters. The lowest BCUT2D eigenvalue weighted by molar-refractivity contribution is 0.0924. The number of halogens is 1. The van der Waals surface area contributed by atoms with Crippen LogP contribution in [-0.4, -0.2) is 10.2 Å². The highest BCUT2D eigenvalue weighted by molar-refractivity contribution is 7.15. The molecule has 0 fully saturated rings. The first kappa shape index (κ1) is 9.64. The van der Waals surface area contributed by atoms with Crippen molar-refractivity contribution in [3.63, 3.8) is 0 Å². The molecule has 0 saturated heterocycles. The molecule has 0 spiro atoms. The molecule has 2 aromatic heterocycles. The number of aromatic nitrogens is 2. The molecule has 2 aromatic rings. The first-order chi connectivity index (χ1) is 6.84. The van der Waals surface area contributed by atoms with Crippen LogP contribution in [0, 0.1) is 0 Å². The van der Waals surface area contributed by atoms with Gasteiger partial charge in [-0.1, -0.05) is 11.3 Å². The summed E-state index contributed by atoms with van der Waals surface area (Å²) in [6.45, 7) is 0.843. The van der Waals surface area contributed by atoms with Crippen LogP contribution in [0.5, 0.6) is 0 Å². The largest absolute Gasteiger partial charge is 0.467 e. The smallest absolute Gasteiger partial charge is 0.207 e. The van der Waals surface area contributed by atoms with Crippen LogP contribution < -0.4 is 0 Å². The van der Waals surface area contributed by atoms with Gasteiger partial charge in [0, 0.05) is 0 Å². The fourth-order valence-corrected chi connectivity index (χ4v) is 1.73. The molecule has 0 saturated carbocycles. The van der Waals surface area contributed by atoms with Gasteiger partial charge in [-0.2, -0.15) is 0 Å². The minimum absolute atomic E-state index is 0.408. The van der Waals surface area contributed by atoms with Crippen LogP contribution in [0.15, 0.2) is 22.8 Å². The Bertz CT molecular complexity index is 388. The van der Waals surface area contributed by atoms with E-state index in [1.807, 2.05) is 12.1 Å². The molecule has 2 rings (SSSR count). The SMILES string of the molecule is Clc1nnc(COCc2ccco2)s1. The summed E-state index contributed by atoms with van der Waals surface area (Å²) in [5, 5.41) is 8.24. The third kappa shape index (κ3) is 2.54. The maximum atomic E-state index is 5.61. The van der Waals surface area contributed by atoms with Crippen LogP contribution in [-0.2, 0) is 18.0 Å². The van der Waals surface area contributed by atoms with E-state index in [2.05, 4.69) is 10.2 Å². The second-order valence-corrected chi connectivity index (χ2v) is 4.17. The predicted octanol–water partition coefficient (Wildman–Crippen LogP) is 2.50. The molecule has 0 radical (unpaired) electrons. The Balaban J connectivity index is 1.78. The number of furan rings is 1. The summed E-state index contributed by atoms with van der Waals surface area (Å²) in [5.41, 5.74) is 0. The van der Waals surface area contributed by atoms with Gasteiger partial charge in [0.1, 0.15) is 24.0 Å². The Kier molecular flexibility index (Phi) is 3.13. The minimum Gasteiger partial charge on any atom is -0.467 e. The van der Waals surface area contributed by atoms with Crippen LogP contribution in [0.1, 0.15) is 10.8 Å². The van der Waals surface area contributed by atoms with Crippen molar-refractivity contribution in [3.05, 3.63) is 33.6 Å². The molecule has 0 N–H and O–H groups in total. The summed E-state index contributed by atoms with van der Waals surface area (Å²) in [5.74, 6) is 0.792. The van der Waals surface area contributed by atoms with Crippen molar-refractivity contribution in [1.29, 1.82) is 0 Å². The first-order valence-corrected chi connectivity index (χ1v) is 5.12. The average molecular weight is 231 g/mol. The summed E-state index contributed by atoms with van der Waals surface area (Å²) >= 11 is 6.92. The van der Waals surface area contributed by atoms with Gasteiger partial charge in [-0.25, -0.2) is 0 Å². The predicted molar refractivity (Wildman–Crippen MR) is 52.1 cm³/mol. The van der Waals surface area contributed by atoms with E-state index >= 15 is 0 Å². The zero-order valence-electron chi connectivity index (χ0n) is 7.14. The van der Waals surface area contributed by atoms with Gasteiger partial charge in [0.25, 0.3) is 0 Å². The Morgan fingerprint density at radius 1 is 1.43 bits per heavy atom. The van der Waals surface area contributed by atoms with E-state index in [0.717, 1.165) is 10.8 Å². The van der Waals surface area contributed by atoms with E-state index < -0.39 is 0 Å². The fraction of sp³-hybridized carbons (Fsp3) is 0.250. The summed E-state index contributed by atoms with van der Waals surface area (Å²) in [6.07, 6.45) is 1.61. The number of hydrogen-bond donors (Lipinski definition) is 0. The number of hydrogen-bond acceptors (Lipinski definition) is 5. The zero-order chi connectivity index (χ0) is 9.80. The van der Waals surface area contributed by atoms with Gasteiger partial charge in [0.2, 0.25) is 4.47 Å². The molecule has 74 valence electrons. The Morgan fingerprint density at radius 3 is 3.00 bits per heavy atom. The highest BCUT2D eigenvalue weighted by Gasteiger charge is 2.02. The monoisotopic (exact) mass is 230 g/mol. The van der Waals surface area contributed by atoms with Gasteiger partial charge in [-0.05, 0) is 23.7 Å². The minimum atomic E-state index is 0.408. The summed E-state index contributed by atoms with van der Waals surface area (Å²) in [6, 6.07) is 3.67. The van der Waals surface area contributed by atoms with Gasteiger partial charge in [-0.3, -0.25) is 0 Å². The standard InChI is InChI=1S/C8H7ClN2O2S/c9-8-11-10-7(14-8)5-12-4-6-2-1-3-13-6/h1-3H,4-5H2. The molecule has 0 atom stereocenters. The zero-order valence-corrected chi connectivity index (χ0v) is 8.72. The molecule has 0 aliphatic rings. The van der Waals surface area contributed by atoms with Crippen LogP contribution in [0.3, 0.4) is 0 Å². The van der Waals surface area contributed by atoms with Gasteiger partial charge in [0.05, 0.1) is 6.26 Å². The van der Waals surface area contributed by atoms with E-state index in [1.165, 1.54) is 11.3 Å². The molecule has 0 bridgehead atoms. The molecule has 4 nitrogen and oxygen atoms in total. The third-order valence-corrected chi connectivity index (χ3v) is 2.48. The lowest BCUT2D eigenvalue weighted by Crippen LogP contribution is -1.92. The van der Waals surface area contributed by atoms with Crippen molar-refractivity contribution in [3.8, 4) is 0 Å². The Hall–Kier alpha value is -0.910. The first-order valence-electron chi connectivity index (χ1n) is 3.92. The molecular formula is C8H7ClN2O2S. The van der Waals surface area contributed by atoms with E-state index in [-0.39, 0.29) is 0 Å². The molecule has 14 heavy (non-hydrogen) atoms. The molecule has 2 heterocycles.